The van der Waals surface area contributed by atoms with E-state index in [0.717, 1.165) is 25.2 Å². The van der Waals surface area contributed by atoms with Crippen molar-refractivity contribution in [3.05, 3.63) is 52.8 Å². The number of benzene rings is 1. The molecule has 0 radical (unpaired) electrons. The zero-order valence-electron chi connectivity index (χ0n) is 14.5. The minimum absolute atomic E-state index is 0. The first-order chi connectivity index (χ1) is 11.1. The number of aryl methyl sites for hydroxylation is 3. The minimum atomic E-state index is 0. The lowest BCUT2D eigenvalue weighted by Crippen LogP contribution is -2.49. The van der Waals surface area contributed by atoms with Crippen LogP contribution in [0.3, 0.4) is 0 Å². The number of halogens is 1. The monoisotopic (exact) mass is 348 g/mol. The molecule has 130 valence electrons. The zero-order valence-corrected chi connectivity index (χ0v) is 15.3. The van der Waals surface area contributed by atoms with E-state index in [9.17, 15) is 4.79 Å². The van der Waals surface area contributed by atoms with Gasteiger partial charge in [0.05, 0.1) is 11.7 Å². The lowest BCUT2D eigenvalue weighted by atomic mass is 10.0. The Morgan fingerprint density at radius 1 is 1.33 bits per heavy atom. The number of hydrogen-bond donors (Lipinski definition) is 1. The third-order valence-corrected chi connectivity index (χ3v) is 4.50. The maximum absolute atomic E-state index is 13.0. The molecule has 1 saturated heterocycles. The first-order valence-corrected chi connectivity index (χ1v) is 8.21. The molecule has 6 heteroatoms. The van der Waals surface area contributed by atoms with Crippen molar-refractivity contribution in [2.75, 3.05) is 19.6 Å². The van der Waals surface area contributed by atoms with E-state index in [2.05, 4.69) is 41.6 Å². The molecule has 1 aromatic carbocycles. The normalized spacial score (nSPS) is 17.5. The molecular weight excluding hydrogens is 324 g/mol. The van der Waals surface area contributed by atoms with Crippen LogP contribution in [0.25, 0.3) is 0 Å². The summed E-state index contributed by atoms with van der Waals surface area (Å²) >= 11 is 0. The Morgan fingerprint density at radius 3 is 2.62 bits per heavy atom. The molecule has 0 bridgehead atoms. The van der Waals surface area contributed by atoms with Crippen molar-refractivity contribution in [2.45, 2.75) is 26.3 Å². The average molecular weight is 349 g/mol. The molecule has 1 aliphatic rings. The van der Waals surface area contributed by atoms with Crippen molar-refractivity contribution in [1.82, 2.24) is 20.0 Å². The molecule has 1 amide bonds. The fraction of sp³-hybridized carbons (Fsp3) is 0.444. The summed E-state index contributed by atoms with van der Waals surface area (Å²) in [5, 5.41) is 7.70. The number of carbonyl (C=O) groups excluding carboxylic acids is 1. The molecule has 2 heterocycles. The summed E-state index contributed by atoms with van der Waals surface area (Å²) in [7, 11) is 1.83. The molecule has 0 saturated carbocycles. The van der Waals surface area contributed by atoms with Gasteiger partial charge in [-0.3, -0.25) is 9.48 Å². The molecule has 1 aliphatic heterocycles. The number of aromatic nitrogens is 2. The van der Waals surface area contributed by atoms with Crippen molar-refractivity contribution >= 4 is 18.3 Å². The van der Waals surface area contributed by atoms with Gasteiger partial charge in [-0.2, -0.15) is 5.10 Å². The first kappa shape index (κ1) is 18.5. The van der Waals surface area contributed by atoms with Gasteiger partial charge in [-0.25, -0.2) is 0 Å². The highest BCUT2D eigenvalue weighted by Crippen LogP contribution is 2.24. The number of carbonyl (C=O) groups is 1. The molecule has 24 heavy (non-hydrogen) atoms. The second-order valence-corrected chi connectivity index (χ2v) is 6.11. The topological polar surface area (TPSA) is 50.2 Å². The Morgan fingerprint density at radius 2 is 2.04 bits per heavy atom. The molecule has 1 atom stereocenters. The van der Waals surface area contributed by atoms with Crippen molar-refractivity contribution in [3.8, 4) is 0 Å². The molecule has 2 aromatic rings. The van der Waals surface area contributed by atoms with Crippen molar-refractivity contribution in [2.24, 2.45) is 7.05 Å². The van der Waals surface area contributed by atoms with E-state index in [4.69, 9.17) is 0 Å². The Balaban J connectivity index is 0.00000208. The van der Waals surface area contributed by atoms with E-state index in [0.29, 0.717) is 12.2 Å². The molecule has 1 aromatic heterocycles. The van der Waals surface area contributed by atoms with E-state index in [1.54, 1.807) is 4.68 Å². The number of amides is 1. The third-order valence-electron chi connectivity index (χ3n) is 4.50. The average Bonchev–Trinajstić information content (AvgIpc) is 2.92. The second kappa shape index (κ2) is 7.81. The summed E-state index contributed by atoms with van der Waals surface area (Å²) < 4.78 is 1.68. The summed E-state index contributed by atoms with van der Waals surface area (Å²) in [6.07, 6.45) is 1.03. The molecular formula is C18H25ClN4O. The van der Waals surface area contributed by atoms with Gasteiger partial charge in [-0.15, -0.1) is 12.4 Å². The molecule has 5 nitrogen and oxygen atoms in total. The number of piperazine rings is 1. The van der Waals surface area contributed by atoms with E-state index in [-0.39, 0.29) is 24.4 Å². The smallest absolute Gasteiger partial charge is 0.272 e. The van der Waals surface area contributed by atoms with Crippen LogP contribution in [0.2, 0.25) is 0 Å². The Labute approximate surface area is 149 Å². The molecule has 0 spiro atoms. The Hall–Kier alpha value is -1.85. The van der Waals surface area contributed by atoms with Crippen LogP contribution in [-0.4, -0.2) is 40.2 Å². The molecule has 1 fully saturated rings. The standard InChI is InChI=1S/C18H24N4O.ClH/c1-4-14-5-7-15(8-6-14)17-12-19-9-10-22(17)18(23)16-11-13(2)20-21(16)3;/h5-8,11,17,19H,4,9-10,12H2,1-3H3;1H. The van der Waals surface area contributed by atoms with Gasteiger partial charge in [0.15, 0.2) is 0 Å². The predicted molar refractivity (Wildman–Crippen MR) is 97.7 cm³/mol. The van der Waals surface area contributed by atoms with Gasteiger partial charge in [-0.1, -0.05) is 31.2 Å². The van der Waals surface area contributed by atoms with E-state index >= 15 is 0 Å². The molecule has 0 aliphatic carbocycles. The highest BCUT2D eigenvalue weighted by Gasteiger charge is 2.30. The second-order valence-electron chi connectivity index (χ2n) is 6.11. The SMILES string of the molecule is CCc1ccc(C2CNCCN2C(=O)c2cc(C)nn2C)cc1.Cl. The fourth-order valence-corrected chi connectivity index (χ4v) is 3.18. The quantitative estimate of drug-likeness (QED) is 0.927. The van der Waals surface area contributed by atoms with Crippen LogP contribution in [0.4, 0.5) is 0 Å². The summed E-state index contributed by atoms with van der Waals surface area (Å²) in [4.78, 5) is 14.9. The predicted octanol–water partition coefficient (Wildman–Crippen LogP) is 2.50. The number of nitrogens with zero attached hydrogens (tertiary/aromatic N) is 3. The zero-order chi connectivity index (χ0) is 16.4. The number of hydrogen-bond acceptors (Lipinski definition) is 3. The fourth-order valence-electron chi connectivity index (χ4n) is 3.18. The lowest BCUT2D eigenvalue weighted by Gasteiger charge is -2.36. The van der Waals surface area contributed by atoms with Gasteiger partial charge in [0.1, 0.15) is 5.69 Å². The molecule has 1 N–H and O–H groups in total. The summed E-state index contributed by atoms with van der Waals surface area (Å²) in [5.41, 5.74) is 4.02. The minimum Gasteiger partial charge on any atom is -0.328 e. The molecule has 1 unspecified atom stereocenters. The maximum atomic E-state index is 13.0. The largest absolute Gasteiger partial charge is 0.328 e. The van der Waals surface area contributed by atoms with Crippen LogP contribution in [-0.2, 0) is 13.5 Å². The van der Waals surface area contributed by atoms with Crippen molar-refractivity contribution in [3.63, 3.8) is 0 Å². The third kappa shape index (κ3) is 3.62. The first-order valence-electron chi connectivity index (χ1n) is 8.21. The van der Waals surface area contributed by atoms with Crippen LogP contribution in [0, 0.1) is 6.92 Å². The number of rotatable bonds is 3. The number of nitrogens with one attached hydrogen (secondary N) is 1. The van der Waals surface area contributed by atoms with Gasteiger partial charge < -0.3 is 10.2 Å². The van der Waals surface area contributed by atoms with Crippen LogP contribution < -0.4 is 5.32 Å². The van der Waals surface area contributed by atoms with Gasteiger partial charge in [0.25, 0.3) is 5.91 Å². The van der Waals surface area contributed by atoms with Crippen LogP contribution in [0.15, 0.2) is 30.3 Å². The molecule has 3 rings (SSSR count). The van der Waals surface area contributed by atoms with E-state index in [1.165, 1.54) is 11.1 Å². The van der Waals surface area contributed by atoms with E-state index < -0.39 is 0 Å². The van der Waals surface area contributed by atoms with Gasteiger partial charge in [0, 0.05) is 26.7 Å². The Kier molecular flexibility index (Phi) is 6.02. The van der Waals surface area contributed by atoms with Crippen molar-refractivity contribution in [1.29, 1.82) is 0 Å². The van der Waals surface area contributed by atoms with Crippen LogP contribution >= 0.6 is 12.4 Å². The van der Waals surface area contributed by atoms with Crippen molar-refractivity contribution < 1.29 is 4.79 Å². The van der Waals surface area contributed by atoms with Gasteiger partial charge >= 0.3 is 0 Å². The summed E-state index contributed by atoms with van der Waals surface area (Å²) in [6.45, 7) is 6.39. The maximum Gasteiger partial charge on any atom is 0.272 e. The van der Waals surface area contributed by atoms with E-state index in [1.807, 2.05) is 24.9 Å². The van der Waals surface area contributed by atoms with Gasteiger partial charge in [-0.05, 0) is 30.5 Å². The summed E-state index contributed by atoms with van der Waals surface area (Å²) in [5.74, 6) is 0.0548. The highest BCUT2D eigenvalue weighted by molar-refractivity contribution is 5.93. The Bertz CT molecular complexity index is 696. The van der Waals surface area contributed by atoms with Crippen LogP contribution in [0.1, 0.15) is 40.3 Å². The van der Waals surface area contributed by atoms with Crippen LogP contribution in [0.5, 0.6) is 0 Å². The summed E-state index contributed by atoms with van der Waals surface area (Å²) in [6, 6.07) is 10.5. The van der Waals surface area contributed by atoms with Gasteiger partial charge in [0.2, 0.25) is 0 Å². The highest BCUT2D eigenvalue weighted by atomic mass is 35.5. The lowest BCUT2D eigenvalue weighted by molar-refractivity contribution is 0.0623.